The first-order chi connectivity index (χ1) is 8.13. The van der Waals surface area contributed by atoms with E-state index in [4.69, 9.17) is 0 Å². The maximum absolute atomic E-state index is 11.6. The molecule has 0 aliphatic rings. The number of H-pyrrole nitrogens is 1. The van der Waals surface area contributed by atoms with E-state index < -0.39 is 5.97 Å². The Morgan fingerprint density at radius 1 is 1.41 bits per heavy atom. The van der Waals surface area contributed by atoms with Gasteiger partial charge in [-0.1, -0.05) is 0 Å². The molecule has 0 amide bonds. The molecule has 0 fully saturated rings. The third-order valence-corrected chi connectivity index (χ3v) is 2.37. The smallest absolute Gasteiger partial charge is 0.356 e. The number of tetrazole rings is 1. The molecule has 0 bridgehead atoms. The van der Waals surface area contributed by atoms with E-state index in [2.05, 4.69) is 30.3 Å². The van der Waals surface area contributed by atoms with Gasteiger partial charge in [0.1, 0.15) is 0 Å². The maximum Gasteiger partial charge on any atom is 0.356 e. The third kappa shape index (κ3) is 1.99. The second-order valence-corrected chi connectivity index (χ2v) is 3.51. The lowest BCUT2D eigenvalue weighted by Gasteiger charge is -2.07. The van der Waals surface area contributed by atoms with E-state index in [1.54, 1.807) is 19.9 Å². The number of aromatic amines is 1. The molecular formula is C10H11N5O2. The Kier molecular flexibility index (Phi) is 2.82. The van der Waals surface area contributed by atoms with Crippen LogP contribution in [0.15, 0.2) is 6.07 Å². The zero-order valence-corrected chi connectivity index (χ0v) is 9.68. The number of rotatable bonds is 2. The normalized spacial score (nSPS) is 10.3. The maximum atomic E-state index is 11.6. The summed E-state index contributed by atoms with van der Waals surface area (Å²) in [5, 5.41) is 13.6. The van der Waals surface area contributed by atoms with E-state index in [-0.39, 0.29) is 5.69 Å². The lowest BCUT2D eigenvalue weighted by Crippen LogP contribution is -2.09. The number of nitrogens with zero attached hydrogens (tertiary/aromatic N) is 4. The van der Waals surface area contributed by atoms with Crippen molar-refractivity contribution in [3.63, 3.8) is 0 Å². The molecule has 0 aliphatic heterocycles. The molecule has 17 heavy (non-hydrogen) atoms. The van der Waals surface area contributed by atoms with Gasteiger partial charge in [0.15, 0.2) is 5.69 Å². The highest BCUT2D eigenvalue weighted by Gasteiger charge is 2.17. The monoisotopic (exact) mass is 233 g/mol. The SMILES string of the molecule is COC(=O)c1nc(C)cc(-c2nn[nH]n2)c1C. The van der Waals surface area contributed by atoms with Crippen molar-refractivity contribution < 1.29 is 9.53 Å². The van der Waals surface area contributed by atoms with E-state index in [9.17, 15) is 4.79 Å². The molecule has 2 heterocycles. The standard InChI is InChI=1S/C10H11N5O2/c1-5-4-7(9-12-14-15-13-9)6(2)8(11-5)10(16)17-3/h4H,1-3H3,(H,12,13,14,15). The van der Waals surface area contributed by atoms with E-state index in [1.165, 1.54) is 7.11 Å². The van der Waals surface area contributed by atoms with E-state index >= 15 is 0 Å². The Morgan fingerprint density at radius 2 is 2.18 bits per heavy atom. The Morgan fingerprint density at radius 3 is 2.76 bits per heavy atom. The van der Waals surface area contributed by atoms with Gasteiger partial charge in [-0.2, -0.15) is 5.21 Å². The van der Waals surface area contributed by atoms with Crippen molar-refractivity contribution in [1.29, 1.82) is 0 Å². The first-order valence-corrected chi connectivity index (χ1v) is 4.94. The van der Waals surface area contributed by atoms with E-state index in [0.29, 0.717) is 22.6 Å². The summed E-state index contributed by atoms with van der Waals surface area (Å²) in [5.74, 6) is -0.0471. The fraction of sp³-hybridized carbons (Fsp3) is 0.300. The average Bonchev–Trinajstić information content (AvgIpc) is 2.84. The summed E-state index contributed by atoms with van der Waals surface area (Å²) in [7, 11) is 1.32. The minimum absolute atomic E-state index is 0.271. The number of pyridine rings is 1. The molecule has 0 saturated carbocycles. The molecule has 0 aromatic carbocycles. The Hall–Kier alpha value is -2.31. The number of esters is 1. The number of methoxy groups -OCH3 is 1. The van der Waals surface area contributed by atoms with Gasteiger partial charge in [-0.3, -0.25) is 0 Å². The third-order valence-electron chi connectivity index (χ3n) is 2.37. The molecule has 0 spiro atoms. The first kappa shape index (κ1) is 11.2. The number of carbonyl (C=O) groups is 1. The van der Waals surface area contributed by atoms with Gasteiger partial charge in [-0.25, -0.2) is 9.78 Å². The van der Waals surface area contributed by atoms with Crippen LogP contribution in [-0.2, 0) is 4.74 Å². The van der Waals surface area contributed by atoms with Crippen molar-refractivity contribution in [2.24, 2.45) is 0 Å². The lowest BCUT2D eigenvalue weighted by molar-refractivity contribution is 0.0593. The van der Waals surface area contributed by atoms with Crippen LogP contribution in [0.25, 0.3) is 11.4 Å². The van der Waals surface area contributed by atoms with Crippen LogP contribution in [0.3, 0.4) is 0 Å². The van der Waals surface area contributed by atoms with Gasteiger partial charge in [0.2, 0.25) is 5.82 Å². The second-order valence-electron chi connectivity index (χ2n) is 3.51. The molecule has 2 rings (SSSR count). The summed E-state index contributed by atoms with van der Waals surface area (Å²) in [4.78, 5) is 15.7. The van der Waals surface area contributed by atoms with Gasteiger partial charge in [0.05, 0.1) is 7.11 Å². The molecule has 7 nitrogen and oxygen atoms in total. The van der Waals surface area contributed by atoms with Gasteiger partial charge < -0.3 is 4.74 Å². The van der Waals surface area contributed by atoms with Gasteiger partial charge in [0.25, 0.3) is 0 Å². The Labute approximate surface area is 97.2 Å². The second kappa shape index (κ2) is 4.28. The van der Waals surface area contributed by atoms with Crippen LogP contribution in [0, 0.1) is 13.8 Å². The number of aromatic nitrogens is 5. The van der Waals surface area contributed by atoms with Crippen molar-refractivity contribution >= 4 is 5.97 Å². The Bertz CT molecular complexity index is 550. The topological polar surface area (TPSA) is 93.6 Å². The fourth-order valence-electron chi connectivity index (χ4n) is 1.54. The van der Waals surface area contributed by atoms with Crippen LogP contribution in [0.1, 0.15) is 21.7 Å². The fourth-order valence-corrected chi connectivity index (χ4v) is 1.54. The van der Waals surface area contributed by atoms with Gasteiger partial charge in [-0.05, 0) is 30.7 Å². The minimum atomic E-state index is -0.476. The van der Waals surface area contributed by atoms with Crippen LogP contribution in [0.2, 0.25) is 0 Å². The number of aryl methyl sites for hydroxylation is 1. The zero-order chi connectivity index (χ0) is 12.4. The summed E-state index contributed by atoms with van der Waals surface area (Å²) in [5.41, 5.74) is 2.35. The van der Waals surface area contributed by atoms with Crippen LogP contribution < -0.4 is 0 Å². The minimum Gasteiger partial charge on any atom is -0.464 e. The molecule has 0 atom stereocenters. The van der Waals surface area contributed by atoms with Gasteiger partial charge in [-0.15, -0.1) is 10.2 Å². The summed E-state index contributed by atoms with van der Waals surface area (Å²) in [6.07, 6.45) is 0. The summed E-state index contributed by atoms with van der Waals surface area (Å²) >= 11 is 0. The van der Waals surface area contributed by atoms with Crippen LogP contribution >= 0.6 is 0 Å². The van der Waals surface area contributed by atoms with Crippen LogP contribution in [-0.4, -0.2) is 38.7 Å². The van der Waals surface area contributed by atoms with Gasteiger partial charge >= 0.3 is 5.97 Å². The molecule has 0 saturated heterocycles. The van der Waals surface area contributed by atoms with Crippen molar-refractivity contribution in [3.05, 3.63) is 23.0 Å². The molecule has 88 valence electrons. The largest absolute Gasteiger partial charge is 0.464 e. The molecule has 2 aromatic heterocycles. The lowest BCUT2D eigenvalue weighted by atomic mass is 10.1. The summed E-state index contributed by atoms with van der Waals surface area (Å²) in [6.45, 7) is 3.56. The predicted octanol–water partition coefficient (Wildman–Crippen LogP) is 0.665. The predicted molar refractivity (Wildman–Crippen MR) is 58.2 cm³/mol. The molecule has 2 aromatic rings. The zero-order valence-electron chi connectivity index (χ0n) is 9.68. The number of ether oxygens (including phenoxy) is 1. The van der Waals surface area contributed by atoms with Crippen molar-refractivity contribution in [2.75, 3.05) is 7.11 Å². The highest BCUT2D eigenvalue weighted by molar-refractivity contribution is 5.90. The summed E-state index contributed by atoms with van der Waals surface area (Å²) in [6, 6.07) is 1.80. The van der Waals surface area contributed by atoms with Crippen LogP contribution in [0.5, 0.6) is 0 Å². The van der Waals surface area contributed by atoms with Crippen molar-refractivity contribution in [3.8, 4) is 11.4 Å². The molecule has 0 aliphatic carbocycles. The quantitative estimate of drug-likeness (QED) is 0.766. The average molecular weight is 233 g/mol. The molecule has 1 N–H and O–H groups in total. The number of hydrogen-bond donors (Lipinski definition) is 1. The number of nitrogens with one attached hydrogen (secondary N) is 1. The highest BCUT2D eigenvalue weighted by atomic mass is 16.5. The van der Waals surface area contributed by atoms with Crippen molar-refractivity contribution in [2.45, 2.75) is 13.8 Å². The summed E-state index contributed by atoms with van der Waals surface area (Å²) < 4.78 is 4.68. The van der Waals surface area contributed by atoms with Crippen molar-refractivity contribution in [1.82, 2.24) is 25.6 Å². The van der Waals surface area contributed by atoms with E-state index in [0.717, 1.165) is 0 Å². The molecule has 7 heteroatoms. The molecule has 0 unspecified atom stereocenters. The first-order valence-electron chi connectivity index (χ1n) is 4.94. The van der Waals surface area contributed by atoms with Crippen LogP contribution in [0.4, 0.5) is 0 Å². The molecule has 0 radical (unpaired) electrons. The molecular weight excluding hydrogens is 222 g/mol. The van der Waals surface area contributed by atoms with Gasteiger partial charge in [0, 0.05) is 11.3 Å². The highest BCUT2D eigenvalue weighted by Crippen LogP contribution is 2.22. The number of hydrogen-bond acceptors (Lipinski definition) is 6. The van der Waals surface area contributed by atoms with E-state index in [1.807, 2.05) is 0 Å². The number of carbonyl (C=O) groups excluding carboxylic acids is 1. The Balaban J connectivity index is 2.62.